The maximum atomic E-state index is 13.0. The van der Waals surface area contributed by atoms with Crippen molar-refractivity contribution >= 4 is 17.9 Å². The summed E-state index contributed by atoms with van der Waals surface area (Å²) in [6, 6.07) is 0. The number of rotatable bonds is 68. The van der Waals surface area contributed by atoms with Crippen molar-refractivity contribution < 1.29 is 28.6 Å². The molecule has 0 aromatic heterocycles. The average Bonchev–Trinajstić information content (AvgIpc) is 3.49. The van der Waals surface area contributed by atoms with Gasteiger partial charge in [-0.15, -0.1) is 0 Å². The van der Waals surface area contributed by atoms with Gasteiger partial charge in [0.2, 0.25) is 0 Å². The summed E-state index contributed by atoms with van der Waals surface area (Å²) < 4.78 is 17.0. The number of ether oxygens (including phenoxy) is 3. The molecule has 1 atom stereocenters. The molecule has 484 valence electrons. The van der Waals surface area contributed by atoms with Crippen LogP contribution in [0.3, 0.4) is 0 Å². The predicted octanol–water partition coefficient (Wildman–Crippen LogP) is 25.5. The zero-order valence-electron chi connectivity index (χ0n) is 55.7. The first-order valence-corrected chi connectivity index (χ1v) is 36.8. The molecule has 0 aromatic rings. The Morgan fingerprint density at radius 1 is 0.253 bits per heavy atom. The lowest BCUT2D eigenvalue weighted by Crippen LogP contribution is -2.30. The molecule has 0 radical (unpaired) electrons. The summed E-state index contributed by atoms with van der Waals surface area (Å²) in [6.45, 7) is 6.57. The largest absolute Gasteiger partial charge is 0.462 e. The van der Waals surface area contributed by atoms with E-state index in [1.165, 1.54) is 257 Å². The number of esters is 3. The zero-order valence-corrected chi connectivity index (χ0v) is 55.7. The highest BCUT2D eigenvalue weighted by molar-refractivity contribution is 5.71. The van der Waals surface area contributed by atoms with Gasteiger partial charge in [-0.2, -0.15) is 0 Å². The van der Waals surface area contributed by atoms with Gasteiger partial charge in [0.25, 0.3) is 0 Å². The van der Waals surface area contributed by atoms with Gasteiger partial charge in [0, 0.05) is 19.3 Å². The van der Waals surface area contributed by atoms with E-state index < -0.39 is 6.10 Å². The summed E-state index contributed by atoms with van der Waals surface area (Å²) in [5, 5.41) is 0. The Balaban J connectivity index is 4.21. The Labute approximate surface area is 517 Å². The topological polar surface area (TPSA) is 78.9 Å². The maximum absolute atomic E-state index is 13.0. The number of carbonyl (C=O) groups is 3. The molecule has 0 aromatic carbocycles. The van der Waals surface area contributed by atoms with Crippen molar-refractivity contribution in [2.75, 3.05) is 13.2 Å². The van der Waals surface area contributed by atoms with E-state index in [9.17, 15) is 14.4 Å². The van der Waals surface area contributed by atoms with Gasteiger partial charge >= 0.3 is 17.9 Å². The van der Waals surface area contributed by atoms with Crippen LogP contribution in [0.25, 0.3) is 0 Å². The Bertz CT molecular complexity index is 1470. The Kier molecular flexibility index (Phi) is 69.1. The molecule has 0 aliphatic rings. The number of allylic oxidation sites excluding steroid dienone is 10. The molecule has 0 saturated carbocycles. The Hall–Kier alpha value is -2.89. The lowest BCUT2D eigenvalue weighted by Gasteiger charge is -2.18. The molecular formula is C77H140O6. The first kappa shape index (κ1) is 80.1. The number of hydrogen-bond acceptors (Lipinski definition) is 6. The van der Waals surface area contributed by atoms with Crippen LogP contribution in [-0.4, -0.2) is 37.2 Å². The molecule has 0 amide bonds. The lowest BCUT2D eigenvalue weighted by molar-refractivity contribution is -0.167. The maximum Gasteiger partial charge on any atom is 0.306 e. The summed E-state index contributed by atoms with van der Waals surface area (Å²) in [5.74, 6) is -0.869. The standard InChI is InChI=1S/C77H140O6/c1-4-7-10-13-16-19-22-25-28-30-32-34-35-36-37-38-39-40-41-42-44-45-47-49-52-55-58-61-64-67-70-76(79)82-73-74(72-81-75(78)69-66-63-60-57-54-51-27-24-21-18-15-12-9-6-3)83-77(80)71-68-65-62-59-56-53-50-48-46-43-33-31-29-26-23-20-17-14-11-8-5-2/h8,11,17,20,24,26-27,29,33,43,74H,4-7,9-10,12-16,18-19,21-23,25,28,30-32,34-42,44-73H2,1-3H3/b11-8-,20-17-,27-24-,29-26-,43-33-. The van der Waals surface area contributed by atoms with Crippen molar-refractivity contribution in [1.29, 1.82) is 0 Å². The fourth-order valence-corrected chi connectivity index (χ4v) is 11.0. The highest BCUT2D eigenvalue weighted by atomic mass is 16.6. The van der Waals surface area contributed by atoms with Crippen molar-refractivity contribution in [3.63, 3.8) is 0 Å². The normalized spacial score (nSPS) is 12.4. The highest BCUT2D eigenvalue weighted by Crippen LogP contribution is 2.19. The fraction of sp³-hybridized carbons (Fsp3) is 0.831. The summed E-state index contributed by atoms with van der Waals surface area (Å²) in [7, 11) is 0. The van der Waals surface area contributed by atoms with Crippen LogP contribution in [0.5, 0.6) is 0 Å². The van der Waals surface area contributed by atoms with Gasteiger partial charge in [-0.05, 0) is 83.5 Å². The monoisotopic (exact) mass is 1160 g/mol. The van der Waals surface area contributed by atoms with Crippen LogP contribution in [0.15, 0.2) is 60.8 Å². The third kappa shape index (κ3) is 69.8. The van der Waals surface area contributed by atoms with Crippen LogP contribution in [0.4, 0.5) is 0 Å². The first-order chi connectivity index (χ1) is 41.0. The van der Waals surface area contributed by atoms with E-state index >= 15 is 0 Å². The summed E-state index contributed by atoms with van der Waals surface area (Å²) in [5.41, 5.74) is 0. The average molecular weight is 1160 g/mol. The number of unbranched alkanes of at least 4 members (excludes halogenated alkanes) is 47. The van der Waals surface area contributed by atoms with Gasteiger partial charge in [0.1, 0.15) is 13.2 Å². The van der Waals surface area contributed by atoms with Gasteiger partial charge in [-0.3, -0.25) is 14.4 Å². The fourth-order valence-electron chi connectivity index (χ4n) is 11.0. The van der Waals surface area contributed by atoms with E-state index in [-0.39, 0.29) is 31.1 Å². The second-order valence-corrected chi connectivity index (χ2v) is 24.8. The van der Waals surface area contributed by atoms with Crippen molar-refractivity contribution in [3.05, 3.63) is 60.8 Å². The molecule has 6 nitrogen and oxygen atoms in total. The van der Waals surface area contributed by atoms with Crippen LogP contribution in [0.1, 0.15) is 393 Å². The molecule has 0 aliphatic heterocycles. The minimum Gasteiger partial charge on any atom is -0.462 e. The van der Waals surface area contributed by atoms with E-state index in [1.807, 2.05) is 0 Å². The Morgan fingerprint density at radius 2 is 0.470 bits per heavy atom. The molecule has 0 heterocycles. The lowest BCUT2D eigenvalue weighted by atomic mass is 10.0. The SMILES string of the molecule is CC/C=C\C/C=C\C/C=C\C/C=C\CCCCCCCCCCC(=O)OC(COC(=O)CCCCCCC/C=C\CCCCCCC)COC(=O)CCCCCCCCCCCCCCCCCCCCCCCCCCCCCCCC. The quantitative estimate of drug-likeness (QED) is 0.0261. The van der Waals surface area contributed by atoms with E-state index in [2.05, 4.69) is 81.5 Å². The molecule has 83 heavy (non-hydrogen) atoms. The minimum atomic E-state index is -0.782. The highest BCUT2D eigenvalue weighted by Gasteiger charge is 2.19. The zero-order chi connectivity index (χ0) is 59.9. The van der Waals surface area contributed by atoms with E-state index in [0.717, 1.165) is 96.3 Å². The number of hydrogen-bond donors (Lipinski definition) is 0. The van der Waals surface area contributed by atoms with Crippen molar-refractivity contribution in [2.45, 2.75) is 399 Å². The van der Waals surface area contributed by atoms with Gasteiger partial charge in [-0.25, -0.2) is 0 Å². The molecule has 6 heteroatoms. The van der Waals surface area contributed by atoms with Crippen LogP contribution < -0.4 is 0 Å². The van der Waals surface area contributed by atoms with Crippen molar-refractivity contribution in [3.8, 4) is 0 Å². The van der Waals surface area contributed by atoms with Crippen LogP contribution >= 0.6 is 0 Å². The summed E-state index contributed by atoms with van der Waals surface area (Å²) in [4.78, 5) is 38.5. The molecule has 0 bridgehead atoms. The molecule has 1 unspecified atom stereocenters. The second kappa shape index (κ2) is 71.6. The minimum absolute atomic E-state index is 0.0764. The van der Waals surface area contributed by atoms with Crippen LogP contribution in [-0.2, 0) is 28.6 Å². The summed E-state index contributed by atoms with van der Waals surface area (Å²) in [6.07, 6.45) is 92.7. The van der Waals surface area contributed by atoms with Crippen molar-refractivity contribution in [2.24, 2.45) is 0 Å². The van der Waals surface area contributed by atoms with Gasteiger partial charge in [0.15, 0.2) is 6.10 Å². The van der Waals surface area contributed by atoms with E-state index in [1.54, 1.807) is 0 Å². The molecule has 0 spiro atoms. The van der Waals surface area contributed by atoms with Gasteiger partial charge in [-0.1, -0.05) is 351 Å². The molecule has 0 rings (SSSR count). The molecular weight excluding hydrogens is 1020 g/mol. The smallest absolute Gasteiger partial charge is 0.306 e. The second-order valence-electron chi connectivity index (χ2n) is 24.8. The van der Waals surface area contributed by atoms with Crippen LogP contribution in [0.2, 0.25) is 0 Å². The molecule has 0 aliphatic carbocycles. The molecule has 0 fully saturated rings. The third-order valence-electron chi connectivity index (χ3n) is 16.5. The first-order valence-electron chi connectivity index (χ1n) is 36.8. The number of carbonyl (C=O) groups excluding carboxylic acids is 3. The van der Waals surface area contributed by atoms with Crippen molar-refractivity contribution in [1.82, 2.24) is 0 Å². The van der Waals surface area contributed by atoms with Gasteiger partial charge < -0.3 is 14.2 Å². The molecule has 0 saturated heterocycles. The third-order valence-corrected chi connectivity index (χ3v) is 16.5. The van der Waals surface area contributed by atoms with Gasteiger partial charge in [0.05, 0.1) is 0 Å². The summed E-state index contributed by atoms with van der Waals surface area (Å²) >= 11 is 0. The Morgan fingerprint density at radius 3 is 0.747 bits per heavy atom. The van der Waals surface area contributed by atoms with E-state index in [4.69, 9.17) is 14.2 Å². The molecule has 0 N–H and O–H groups in total. The van der Waals surface area contributed by atoms with Crippen LogP contribution in [0, 0.1) is 0 Å². The van der Waals surface area contributed by atoms with E-state index in [0.29, 0.717) is 19.3 Å². The predicted molar refractivity (Wildman–Crippen MR) is 362 cm³/mol.